The third kappa shape index (κ3) is 5.20. The molecule has 0 saturated heterocycles. The minimum absolute atomic E-state index is 0.0868. The Labute approximate surface area is 169 Å². The molecule has 6 heteroatoms. The van der Waals surface area contributed by atoms with Gasteiger partial charge in [-0.2, -0.15) is 0 Å². The molecule has 0 radical (unpaired) electrons. The number of benzene rings is 2. The molecule has 1 unspecified atom stereocenters. The zero-order valence-electron chi connectivity index (χ0n) is 15.0. The van der Waals surface area contributed by atoms with Crippen LogP contribution in [0.1, 0.15) is 49.3 Å². The predicted molar refractivity (Wildman–Crippen MR) is 108 cm³/mol. The molecule has 1 aliphatic carbocycles. The van der Waals surface area contributed by atoms with Gasteiger partial charge < -0.3 is 4.74 Å². The molecule has 0 aliphatic heterocycles. The van der Waals surface area contributed by atoms with Crippen LogP contribution in [-0.2, 0) is 19.4 Å². The van der Waals surface area contributed by atoms with Crippen molar-refractivity contribution in [3.63, 3.8) is 0 Å². The van der Waals surface area contributed by atoms with Crippen LogP contribution in [-0.4, -0.2) is 20.5 Å². The van der Waals surface area contributed by atoms with Gasteiger partial charge in [-0.1, -0.05) is 52.7 Å². The van der Waals surface area contributed by atoms with Gasteiger partial charge >= 0.3 is 5.97 Å². The lowest BCUT2D eigenvalue weighted by Crippen LogP contribution is -2.24. The number of hydrogen-bond donors (Lipinski definition) is 0. The first-order chi connectivity index (χ1) is 13.0. The molecule has 144 valence electrons. The molecule has 0 aromatic heterocycles. The van der Waals surface area contributed by atoms with Crippen LogP contribution in [0.5, 0.6) is 0 Å². The fourth-order valence-electron chi connectivity index (χ4n) is 3.43. The Morgan fingerprint density at radius 3 is 2.26 bits per heavy atom. The predicted octanol–water partition coefficient (Wildman–Crippen LogP) is 5.23. The van der Waals surface area contributed by atoms with Crippen LogP contribution in [0.25, 0.3) is 0 Å². The van der Waals surface area contributed by atoms with Crippen molar-refractivity contribution in [2.24, 2.45) is 0 Å². The molecule has 4 nitrogen and oxygen atoms in total. The highest BCUT2D eigenvalue weighted by Gasteiger charge is 2.32. The minimum Gasteiger partial charge on any atom is -0.462 e. The Morgan fingerprint density at radius 1 is 1.00 bits per heavy atom. The maximum absolute atomic E-state index is 13.2. The van der Waals surface area contributed by atoms with Gasteiger partial charge in [0.25, 0.3) is 0 Å². The molecule has 3 rings (SSSR count). The lowest BCUT2D eigenvalue weighted by atomic mass is 9.98. The van der Waals surface area contributed by atoms with Crippen molar-refractivity contribution >= 4 is 31.7 Å². The van der Waals surface area contributed by atoms with Gasteiger partial charge in [0.2, 0.25) is 0 Å². The highest BCUT2D eigenvalue weighted by molar-refractivity contribution is 9.10. The number of hydrogen-bond acceptors (Lipinski definition) is 4. The number of ether oxygens (including phenoxy) is 1. The van der Waals surface area contributed by atoms with E-state index < -0.39 is 21.1 Å². The number of rotatable bonds is 6. The lowest BCUT2D eigenvalue weighted by Gasteiger charge is -2.23. The van der Waals surface area contributed by atoms with Crippen LogP contribution in [0.2, 0.25) is 0 Å². The summed E-state index contributed by atoms with van der Waals surface area (Å²) in [5.41, 5.74) is 0.586. The molecule has 1 atom stereocenters. The number of esters is 1. The molecule has 1 saturated carbocycles. The summed E-state index contributed by atoms with van der Waals surface area (Å²) in [4.78, 5) is 12.8. The second-order valence-corrected chi connectivity index (χ2v) is 9.90. The molecular weight excluding hydrogens is 428 g/mol. The molecule has 0 heterocycles. The van der Waals surface area contributed by atoms with Crippen LogP contribution in [0, 0.1) is 0 Å². The van der Waals surface area contributed by atoms with E-state index in [1.807, 2.05) is 0 Å². The number of sulfone groups is 1. The molecule has 1 aliphatic rings. The summed E-state index contributed by atoms with van der Waals surface area (Å²) in [5.74, 6) is -0.450. The van der Waals surface area contributed by atoms with E-state index in [-0.39, 0.29) is 17.4 Å². The molecule has 27 heavy (non-hydrogen) atoms. The molecule has 2 aromatic carbocycles. The summed E-state index contributed by atoms with van der Waals surface area (Å²) in [5, 5.41) is -0.968. The smallest absolute Gasteiger partial charge is 0.307 e. The van der Waals surface area contributed by atoms with Crippen LogP contribution >= 0.6 is 15.9 Å². The molecule has 0 bridgehead atoms. The van der Waals surface area contributed by atoms with Crippen LogP contribution in [0.4, 0.5) is 0 Å². The quantitative estimate of drug-likeness (QED) is 0.565. The largest absolute Gasteiger partial charge is 0.462 e. The maximum atomic E-state index is 13.2. The van der Waals surface area contributed by atoms with Crippen molar-refractivity contribution in [2.75, 3.05) is 0 Å². The van der Waals surface area contributed by atoms with Gasteiger partial charge in [0.15, 0.2) is 9.84 Å². The van der Waals surface area contributed by atoms with Crippen molar-refractivity contribution in [2.45, 2.75) is 54.8 Å². The monoisotopic (exact) mass is 450 g/mol. The molecular formula is C21H23BrO4S. The zero-order valence-corrected chi connectivity index (χ0v) is 17.4. The Hall–Kier alpha value is -1.66. The summed E-state index contributed by atoms with van der Waals surface area (Å²) in [7, 11) is -3.72. The van der Waals surface area contributed by atoms with E-state index in [2.05, 4.69) is 15.9 Å². The van der Waals surface area contributed by atoms with E-state index in [0.717, 1.165) is 36.6 Å². The zero-order chi connectivity index (χ0) is 19.3. The van der Waals surface area contributed by atoms with Crippen molar-refractivity contribution in [1.29, 1.82) is 0 Å². The summed E-state index contributed by atoms with van der Waals surface area (Å²) in [6.45, 7) is 0. The Kier molecular flexibility index (Phi) is 6.71. The maximum Gasteiger partial charge on any atom is 0.307 e. The molecule has 0 N–H and O–H groups in total. The fraction of sp³-hybridized carbons (Fsp3) is 0.381. The van der Waals surface area contributed by atoms with E-state index in [9.17, 15) is 13.2 Å². The summed E-state index contributed by atoms with van der Waals surface area (Å²) in [6, 6.07) is 15.3. The highest BCUT2D eigenvalue weighted by atomic mass is 79.9. The van der Waals surface area contributed by atoms with Crippen LogP contribution in [0.15, 0.2) is 64.0 Å². The third-order valence-corrected chi connectivity index (χ3v) is 7.54. The van der Waals surface area contributed by atoms with Gasteiger partial charge in [-0.3, -0.25) is 4.79 Å². The van der Waals surface area contributed by atoms with Crippen molar-refractivity contribution in [3.8, 4) is 0 Å². The van der Waals surface area contributed by atoms with Crippen molar-refractivity contribution < 1.29 is 17.9 Å². The lowest BCUT2D eigenvalue weighted by molar-refractivity contribution is -0.150. The Bertz CT molecular complexity index is 857. The second-order valence-electron chi connectivity index (χ2n) is 6.85. The summed E-state index contributed by atoms with van der Waals surface area (Å²) in [6.07, 6.45) is 4.72. The second kappa shape index (κ2) is 9.02. The SMILES string of the molecule is O=C(CC(c1ccc(Br)cc1)S(=O)(=O)c1ccccc1)OC1CCCCC1. The average Bonchev–Trinajstić information content (AvgIpc) is 2.68. The number of carbonyl (C=O) groups excluding carboxylic acids is 1. The average molecular weight is 451 g/mol. The van der Waals surface area contributed by atoms with E-state index >= 15 is 0 Å². The molecule has 2 aromatic rings. The minimum atomic E-state index is -3.72. The number of carbonyl (C=O) groups is 1. The van der Waals surface area contributed by atoms with Crippen molar-refractivity contribution in [1.82, 2.24) is 0 Å². The van der Waals surface area contributed by atoms with Gasteiger partial charge in [-0.05, 0) is 55.5 Å². The van der Waals surface area contributed by atoms with Crippen LogP contribution in [0.3, 0.4) is 0 Å². The van der Waals surface area contributed by atoms with E-state index in [1.54, 1.807) is 54.6 Å². The molecule has 0 amide bonds. The van der Waals surface area contributed by atoms with Gasteiger partial charge in [-0.15, -0.1) is 0 Å². The van der Waals surface area contributed by atoms with Gasteiger partial charge in [0, 0.05) is 4.47 Å². The summed E-state index contributed by atoms with van der Waals surface area (Å²) >= 11 is 3.37. The number of halogens is 1. The van der Waals surface area contributed by atoms with Gasteiger partial charge in [-0.25, -0.2) is 8.42 Å². The van der Waals surface area contributed by atoms with E-state index in [1.165, 1.54) is 0 Å². The summed E-state index contributed by atoms with van der Waals surface area (Å²) < 4.78 is 32.9. The fourth-order valence-corrected chi connectivity index (χ4v) is 5.43. The molecule has 1 fully saturated rings. The van der Waals surface area contributed by atoms with Crippen LogP contribution < -0.4 is 0 Å². The van der Waals surface area contributed by atoms with E-state index in [4.69, 9.17) is 4.74 Å². The third-order valence-electron chi connectivity index (χ3n) is 4.89. The molecule has 0 spiro atoms. The normalized spacial score (nSPS) is 16.6. The first kappa shape index (κ1) is 20.1. The highest BCUT2D eigenvalue weighted by Crippen LogP contribution is 2.33. The first-order valence-corrected chi connectivity index (χ1v) is 11.5. The first-order valence-electron chi connectivity index (χ1n) is 9.21. The Morgan fingerprint density at radius 2 is 1.63 bits per heavy atom. The van der Waals surface area contributed by atoms with Gasteiger partial charge in [0.1, 0.15) is 11.4 Å². The standard InChI is InChI=1S/C21H23BrO4S/c22-17-13-11-16(12-14-17)20(27(24,25)19-9-5-2-6-10-19)15-21(23)26-18-7-3-1-4-8-18/h2,5-6,9-14,18,20H,1,3-4,7-8,15H2. The van der Waals surface area contributed by atoms with Gasteiger partial charge in [0.05, 0.1) is 11.3 Å². The van der Waals surface area contributed by atoms with E-state index in [0.29, 0.717) is 5.56 Å². The Balaban J connectivity index is 1.86. The van der Waals surface area contributed by atoms with Crippen molar-refractivity contribution in [3.05, 3.63) is 64.6 Å². The topological polar surface area (TPSA) is 60.4 Å².